The minimum Gasteiger partial charge on any atom is -0.484 e. The number of carbonyl (C=O) groups excluding carboxylic acids is 2. The second-order valence-electron chi connectivity index (χ2n) is 7.01. The molecule has 33 heavy (non-hydrogen) atoms. The van der Waals surface area contributed by atoms with Crippen LogP contribution in [0.4, 0.5) is 20.6 Å². The lowest BCUT2D eigenvalue weighted by Crippen LogP contribution is -2.38. The lowest BCUT2D eigenvalue weighted by molar-refractivity contribution is -0.123. The zero-order valence-corrected chi connectivity index (χ0v) is 19.1. The second kappa shape index (κ2) is 12.1. The lowest BCUT2D eigenvalue weighted by atomic mass is 10.2. The first kappa shape index (κ1) is 24.4. The van der Waals surface area contributed by atoms with Crippen LogP contribution in [0.3, 0.4) is 0 Å². The van der Waals surface area contributed by atoms with E-state index in [9.17, 15) is 14.0 Å². The van der Waals surface area contributed by atoms with Crippen molar-refractivity contribution in [1.29, 1.82) is 0 Å². The van der Waals surface area contributed by atoms with Crippen molar-refractivity contribution in [3.8, 4) is 5.75 Å². The first-order valence-electron chi connectivity index (χ1n) is 10.2. The smallest absolute Gasteiger partial charge is 0.326 e. The molecule has 0 aliphatic heterocycles. The van der Waals surface area contributed by atoms with E-state index in [1.165, 1.54) is 29.2 Å². The van der Waals surface area contributed by atoms with Gasteiger partial charge in [0.15, 0.2) is 6.61 Å². The molecule has 9 heteroatoms. The Hall–Kier alpha value is -3.29. The summed E-state index contributed by atoms with van der Waals surface area (Å²) in [6, 6.07) is 18.7. The summed E-state index contributed by atoms with van der Waals surface area (Å²) in [5, 5.41) is 6.60. The highest BCUT2D eigenvalue weighted by atomic mass is 35.5. The molecule has 3 aromatic carbocycles. The molecule has 0 bridgehead atoms. The van der Waals surface area contributed by atoms with Crippen LogP contribution in [-0.4, -0.2) is 31.6 Å². The number of benzene rings is 3. The van der Waals surface area contributed by atoms with Crippen LogP contribution >= 0.6 is 23.2 Å². The van der Waals surface area contributed by atoms with E-state index < -0.39 is 11.8 Å². The van der Waals surface area contributed by atoms with Crippen molar-refractivity contribution in [2.45, 2.75) is 6.42 Å². The largest absolute Gasteiger partial charge is 0.484 e. The van der Waals surface area contributed by atoms with Gasteiger partial charge < -0.3 is 15.4 Å². The molecule has 0 saturated carbocycles. The first-order chi connectivity index (χ1) is 15.9. The van der Waals surface area contributed by atoms with Gasteiger partial charge in [0.05, 0.1) is 0 Å². The maximum atomic E-state index is 13.4. The Balaban J connectivity index is 1.52. The number of hydrogen-bond donors (Lipinski definition) is 2. The summed E-state index contributed by atoms with van der Waals surface area (Å²) < 4.78 is 18.8. The molecule has 3 rings (SSSR count). The van der Waals surface area contributed by atoms with E-state index in [1.807, 2.05) is 0 Å². The molecular weight excluding hydrogens is 468 g/mol. The second-order valence-corrected chi connectivity index (χ2v) is 7.89. The topological polar surface area (TPSA) is 70.7 Å². The maximum Gasteiger partial charge on any atom is 0.326 e. The third-order valence-electron chi connectivity index (χ3n) is 4.52. The first-order valence-corrected chi connectivity index (χ1v) is 10.9. The fourth-order valence-corrected chi connectivity index (χ4v) is 3.24. The average Bonchev–Trinajstić information content (AvgIpc) is 2.79. The van der Waals surface area contributed by atoms with Crippen molar-refractivity contribution in [3.63, 3.8) is 0 Å². The summed E-state index contributed by atoms with van der Waals surface area (Å²) >= 11 is 11.8. The fraction of sp³-hybridized carbons (Fsp3) is 0.167. The van der Waals surface area contributed by atoms with Crippen molar-refractivity contribution in [2.24, 2.45) is 0 Å². The van der Waals surface area contributed by atoms with Gasteiger partial charge in [-0.05, 0) is 73.2 Å². The molecular formula is C24H22Cl2FN3O3. The molecule has 0 atom stereocenters. The van der Waals surface area contributed by atoms with E-state index in [4.69, 9.17) is 27.9 Å². The highest BCUT2D eigenvalue weighted by Crippen LogP contribution is 2.19. The summed E-state index contributed by atoms with van der Waals surface area (Å²) in [5.74, 6) is -0.154. The number of urea groups is 1. The van der Waals surface area contributed by atoms with Gasteiger partial charge in [-0.2, -0.15) is 0 Å². The number of amides is 3. The average molecular weight is 490 g/mol. The maximum absolute atomic E-state index is 13.4. The Bertz CT molecular complexity index is 1080. The molecule has 0 aliphatic carbocycles. The Morgan fingerprint density at radius 1 is 0.939 bits per heavy atom. The summed E-state index contributed by atoms with van der Waals surface area (Å²) in [6.07, 6.45) is 0.465. The van der Waals surface area contributed by atoms with E-state index in [-0.39, 0.29) is 19.1 Å². The Kier molecular flexibility index (Phi) is 8.92. The molecule has 0 aromatic heterocycles. The highest BCUT2D eigenvalue weighted by molar-refractivity contribution is 6.31. The number of nitrogens with one attached hydrogen (secondary N) is 2. The van der Waals surface area contributed by atoms with Crippen molar-refractivity contribution in [2.75, 3.05) is 29.9 Å². The van der Waals surface area contributed by atoms with Crippen LogP contribution in [-0.2, 0) is 4.79 Å². The van der Waals surface area contributed by atoms with Crippen molar-refractivity contribution in [3.05, 3.63) is 88.7 Å². The van der Waals surface area contributed by atoms with Gasteiger partial charge in [-0.3, -0.25) is 9.69 Å². The molecule has 0 spiro atoms. The fourth-order valence-electron chi connectivity index (χ4n) is 2.92. The zero-order valence-electron chi connectivity index (χ0n) is 17.6. The van der Waals surface area contributed by atoms with E-state index in [0.29, 0.717) is 40.1 Å². The van der Waals surface area contributed by atoms with Crippen molar-refractivity contribution < 1.29 is 18.7 Å². The number of rotatable bonds is 9. The molecule has 6 nitrogen and oxygen atoms in total. The van der Waals surface area contributed by atoms with Crippen LogP contribution in [0.5, 0.6) is 5.75 Å². The van der Waals surface area contributed by atoms with E-state index in [0.717, 1.165) is 0 Å². The standard InChI is InChI=1S/C24H22Cl2FN3O3/c25-17-5-11-22(12-6-17)33-16-23(31)28-13-2-14-30(21-9-7-19(27)8-10-21)24(32)29-20-4-1-3-18(26)15-20/h1,3-12,15H,2,13-14,16H2,(H,28,31)(H,29,32). The Morgan fingerprint density at radius 2 is 1.67 bits per heavy atom. The third kappa shape index (κ3) is 7.97. The van der Waals surface area contributed by atoms with E-state index in [1.54, 1.807) is 48.5 Å². The summed E-state index contributed by atoms with van der Waals surface area (Å²) in [6.45, 7) is 0.472. The van der Waals surface area contributed by atoms with Gasteiger partial charge in [0.1, 0.15) is 11.6 Å². The number of anilines is 2. The monoisotopic (exact) mass is 489 g/mol. The molecule has 172 valence electrons. The molecule has 0 radical (unpaired) electrons. The molecule has 2 N–H and O–H groups in total. The van der Waals surface area contributed by atoms with Gasteiger partial charge in [-0.25, -0.2) is 9.18 Å². The molecule has 0 aliphatic rings. The van der Waals surface area contributed by atoms with Crippen LogP contribution in [0.25, 0.3) is 0 Å². The zero-order chi connectivity index (χ0) is 23.6. The predicted molar refractivity (Wildman–Crippen MR) is 129 cm³/mol. The minimum absolute atomic E-state index is 0.140. The van der Waals surface area contributed by atoms with Crippen molar-refractivity contribution in [1.82, 2.24) is 5.32 Å². The quantitative estimate of drug-likeness (QED) is 0.375. The Morgan fingerprint density at radius 3 is 2.36 bits per heavy atom. The van der Waals surface area contributed by atoms with E-state index in [2.05, 4.69) is 10.6 Å². The molecule has 0 heterocycles. The lowest BCUT2D eigenvalue weighted by Gasteiger charge is -2.23. The number of ether oxygens (including phenoxy) is 1. The SMILES string of the molecule is O=C(COc1ccc(Cl)cc1)NCCCN(C(=O)Nc1cccc(Cl)c1)c1ccc(F)cc1. The van der Waals surface area contributed by atoms with Crippen molar-refractivity contribution >= 4 is 46.5 Å². The van der Waals surface area contributed by atoms with E-state index >= 15 is 0 Å². The number of hydrogen-bond acceptors (Lipinski definition) is 3. The summed E-state index contributed by atoms with van der Waals surface area (Å²) in [7, 11) is 0. The van der Waals surface area contributed by atoms with Crippen LogP contribution in [0.1, 0.15) is 6.42 Å². The molecule has 0 fully saturated rings. The summed E-state index contributed by atoms with van der Waals surface area (Å²) in [4.78, 5) is 26.4. The van der Waals surface area contributed by atoms with Crippen LogP contribution in [0.15, 0.2) is 72.8 Å². The van der Waals surface area contributed by atoms with Crippen LogP contribution in [0.2, 0.25) is 10.0 Å². The van der Waals surface area contributed by atoms with Gasteiger partial charge in [0, 0.05) is 34.5 Å². The number of halogens is 3. The molecule has 3 aromatic rings. The molecule has 0 saturated heterocycles. The third-order valence-corrected chi connectivity index (χ3v) is 5.01. The van der Waals surface area contributed by atoms with Gasteiger partial charge in [-0.15, -0.1) is 0 Å². The highest BCUT2D eigenvalue weighted by Gasteiger charge is 2.16. The number of nitrogens with zero attached hydrogens (tertiary/aromatic N) is 1. The van der Waals surface area contributed by atoms with Gasteiger partial charge >= 0.3 is 6.03 Å². The Labute approximate surface area is 201 Å². The molecule has 0 unspecified atom stereocenters. The van der Waals surface area contributed by atoms with Crippen LogP contribution in [0, 0.1) is 5.82 Å². The predicted octanol–water partition coefficient (Wildman–Crippen LogP) is 5.76. The number of carbonyl (C=O) groups is 2. The normalized spacial score (nSPS) is 10.4. The van der Waals surface area contributed by atoms with Gasteiger partial charge in [-0.1, -0.05) is 29.3 Å². The summed E-state index contributed by atoms with van der Waals surface area (Å²) in [5.41, 5.74) is 1.06. The van der Waals surface area contributed by atoms with Gasteiger partial charge in [0.2, 0.25) is 0 Å². The van der Waals surface area contributed by atoms with Crippen LogP contribution < -0.4 is 20.3 Å². The molecule has 3 amide bonds. The van der Waals surface area contributed by atoms with Gasteiger partial charge in [0.25, 0.3) is 5.91 Å². The minimum atomic E-state index is -0.402.